The number of hydrogen-bond donors (Lipinski definition) is 1. The fourth-order valence-corrected chi connectivity index (χ4v) is 5.26. The molecule has 27 heavy (non-hydrogen) atoms. The highest BCUT2D eigenvalue weighted by Crippen LogP contribution is 2.41. The molecular formula is C20H18ClNO4S. The molecule has 0 radical (unpaired) electrons. The first-order chi connectivity index (χ1) is 13.0. The normalized spacial score (nSPS) is 16.0. The van der Waals surface area contributed by atoms with Crippen molar-refractivity contribution in [3.05, 3.63) is 71.2 Å². The van der Waals surface area contributed by atoms with Gasteiger partial charge in [-0.2, -0.15) is 0 Å². The van der Waals surface area contributed by atoms with Gasteiger partial charge in [0.25, 0.3) is 10.0 Å². The number of benzene rings is 3. The Hall–Kier alpha value is -2.12. The van der Waals surface area contributed by atoms with Crippen LogP contribution in [0.2, 0.25) is 5.02 Å². The molecule has 0 spiro atoms. The third kappa shape index (κ3) is 3.30. The zero-order chi connectivity index (χ0) is 19.0. The quantitative estimate of drug-likeness (QED) is 0.683. The van der Waals surface area contributed by atoms with Gasteiger partial charge in [-0.25, -0.2) is 8.42 Å². The Morgan fingerprint density at radius 2 is 1.78 bits per heavy atom. The van der Waals surface area contributed by atoms with Gasteiger partial charge in [0.1, 0.15) is 0 Å². The van der Waals surface area contributed by atoms with Crippen LogP contribution in [0.1, 0.15) is 5.56 Å². The lowest BCUT2D eigenvalue weighted by Gasteiger charge is -2.22. The summed E-state index contributed by atoms with van der Waals surface area (Å²) in [6.45, 7) is 0.182. The van der Waals surface area contributed by atoms with Gasteiger partial charge < -0.3 is 9.84 Å². The van der Waals surface area contributed by atoms with Gasteiger partial charge in [0.05, 0.1) is 36.4 Å². The lowest BCUT2D eigenvalue weighted by Crippen LogP contribution is -2.37. The number of β-amino-alcohol motifs (C(OH)–C–C–N with tert-alkyl or cyclic N) is 1. The number of aliphatic hydroxyl groups excluding tert-OH is 1. The van der Waals surface area contributed by atoms with Crippen LogP contribution in [-0.4, -0.2) is 32.8 Å². The van der Waals surface area contributed by atoms with Gasteiger partial charge in [0, 0.05) is 10.4 Å². The molecule has 0 aliphatic carbocycles. The Balaban J connectivity index is 1.48. The van der Waals surface area contributed by atoms with Crippen LogP contribution in [0.5, 0.6) is 0 Å². The summed E-state index contributed by atoms with van der Waals surface area (Å²) in [6.07, 6.45) is -0.966. The summed E-state index contributed by atoms with van der Waals surface area (Å²) in [5.41, 5.74) is 1.41. The molecule has 0 saturated heterocycles. The fraction of sp³-hybridized carbons (Fsp3) is 0.200. The van der Waals surface area contributed by atoms with Crippen LogP contribution in [0, 0.1) is 0 Å². The predicted octanol–water partition coefficient (Wildman–Crippen LogP) is 3.58. The summed E-state index contributed by atoms with van der Waals surface area (Å²) in [5.74, 6) is 0. The largest absolute Gasteiger partial charge is 0.389 e. The second kappa shape index (κ2) is 7.13. The summed E-state index contributed by atoms with van der Waals surface area (Å²) >= 11 is 6.08. The van der Waals surface area contributed by atoms with E-state index in [1.165, 1.54) is 4.31 Å². The maximum atomic E-state index is 12.9. The van der Waals surface area contributed by atoms with E-state index >= 15 is 0 Å². The van der Waals surface area contributed by atoms with E-state index in [0.717, 1.165) is 10.9 Å². The number of anilines is 1. The van der Waals surface area contributed by atoms with Crippen LogP contribution in [-0.2, 0) is 21.4 Å². The maximum absolute atomic E-state index is 12.9. The van der Waals surface area contributed by atoms with Crippen LogP contribution < -0.4 is 4.31 Å². The zero-order valence-corrected chi connectivity index (χ0v) is 15.9. The van der Waals surface area contributed by atoms with Crippen molar-refractivity contribution in [1.29, 1.82) is 0 Å². The van der Waals surface area contributed by atoms with Crippen molar-refractivity contribution < 1.29 is 18.3 Å². The summed E-state index contributed by atoms with van der Waals surface area (Å²) in [7, 11) is -3.68. The third-order valence-electron chi connectivity index (χ3n) is 4.58. The highest BCUT2D eigenvalue weighted by molar-refractivity contribution is 7.93. The van der Waals surface area contributed by atoms with Crippen molar-refractivity contribution in [2.75, 3.05) is 17.5 Å². The number of halogens is 1. The van der Waals surface area contributed by atoms with E-state index in [4.69, 9.17) is 16.3 Å². The second-order valence-electron chi connectivity index (χ2n) is 6.43. The molecule has 3 aromatic rings. The molecule has 7 heteroatoms. The summed E-state index contributed by atoms with van der Waals surface area (Å²) in [5, 5.41) is 12.5. The molecule has 5 nitrogen and oxygen atoms in total. The number of rotatable bonds is 6. The van der Waals surface area contributed by atoms with E-state index in [-0.39, 0.29) is 24.7 Å². The number of ether oxygens (including phenoxy) is 1. The van der Waals surface area contributed by atoms with Gasteiger partial charge >= 0.3 is 0 Å². The zero-order valence-electron chi connectivity index (χ0n) is 14.4. The Morgan fingerprint density at radius 3 is 2.56 bits per heavy atom. The number of hydrogen-bond acceptors (Lipinski definition) is 4. The standard InChI is InChI=1S/C20H18ClNO4S/c21-17-8-2-1-5-15(17)12-26-13-16(23)11-22-18-9-3-6-14-7-4-10-19(20(14)18)27(22,24)25/h1-10,16,23H,11-13H2/t16-/m0/s1. The van der Waals surface area contributed by atoms with Crippen molar-refractivity contribution in [3.8, 4) is 0 Å². The van der Waals surface area contributed by atoms with Crippen molar-refractivity contribution in [2.45, 2.75) is 17.6 Å². The molecule has 1 atom stereocenters. The van der Waals surface area contributed by atoms with Gasteiger partial charge in [0.15, 0.2) is 0 Å². The molecule has 3 aromatic carbocycles. The van der Waals surface area contributed by atoms with Crippen LogP contribution in [0.15, 0.2) is 65.6 Å². The summed E-state index contributed by atoms with van der Waals surface area (Å²) in [4.78, 5) is 0.278. The molecule has 0 aromatic heterocycles. The van der Waals surface area contributed by atoms with E-state index in [0.29, 0.717) is 16.1 Å². The van der Waals surface area contributed by atoms with E-state index in [9.17, 15) is 13.5 Å². The van der Waals surface area contributed by atoms with Gasteiger partial charge in [0.2, 0.25) is 0 Å². The second-order valence-corrected chi connectivity index (χ2v) is 8.67. The van der Waals surface area contributed by atoms with Crippen molar-refractivity contribution in [3.63, 3.8) is 0 Å². The average Bonchev–Trinajstić information content (AvgIpc) is 2.87. The topological polar surface area (TPSA) is 66.8 Å². The summed E-state index contributed by atoms with van der Waals surface area (Å²) < 4.78 is 32.6. The molecule has 1 aliphatic heterocycles. The first kappa shape index (κ1) is 18.3. The van der Waals surface area contributed by atoms with Crippen molar-refractivity contribution >= 4 is 38.1 Å². The molecule has 1 aliphatic rings. The monoisotopic (exact) mass is 403 g/mol. The SMILES string of the molecule is O=S1(=O)c2cccc3cccc(c23)N1C[C@H](O)COCc1ccccc1Cl. The molecule has 1 heterocycles. The molecule has 140 valence electrons. The molecule has 0 bridgehead atoms. The molecule has 0 saturated carbocycles. The molecule has 0 amide bonds. The minimum Gasteiger partial charge on any atom is -0.389 e. The van der Waals surface area contributed by atoms with Gasteiger partial charge in [-0.1, -0.05) is 54.1 Å². The fourth-order valence-electron chi connectivity index (χ4n) is 3.32. The first-order valence-electron chi connectivity index (χ1n) is 8.52. The number of aliphatic hydroxyl groups is 1. The Bertz CT molecular complexity index is 1090. The summed E-state index contributed by atoms with van der Waals surface area (Å²) in [6, 6.07) is 18.0. The predicted molar refractivity (Wildman–Crippen MR) is 106 cm³/mol. The lowest BCUT2D eigenvalue weighted by atomic mass is 10.1. The maximum Gasteiger partial charge on any atom is 0.265 e. The van der Waals surface area contributed by atoms with Crippen LogP contribution in [0.4, 0.5) is 5.69 Å². The Kier molecular flexibility index (Phi) is 4.82. The highest BCUT2D eigenvalue weighted by Gasteiger charge is 2.36. The molecule has 0 unspecified atom stereocenters. The van der Waals surface area contributed by atoms with Crippen LogP contribution in [0.25, 0.3) is 10.8 Å². The Morgan fingerprint density at radius 1 is 1.04 bits per heavy atom. The molecule has 1 N–H and O–H groups in total. The smallest absolute Gasteiger partial charge is 0.265 e. The Labute approximate surface area is 162 Å². The van der Waals surface area contributed by atoms with Crippen LogP contribution >= 0.6 is 11.6 Å². The number of nitrogens with zero attached hydrogens (tertiary/aromatic N) is 1. The lowest BCUT2D eigenvalue weighted by molar-refractivity contribution is 0.0335. The molecule has 0 fully saturated rings. The minimum absolute atomic E-state index is 0.00354. The highest BCUT2D eigenvalue weighted by atomic mass is 35.5. The van der Waals surface area contributed by atoms with Gasteiger partial charge in [-0.05, 0) is 29.1 Å². The van der Waals surface area contributed by atoms with E-state index in [1.807, 2.05) is 36.4 Å². The minimum atomic E-state index is -3.68. The van der Waals surface area contributed by atoms with Crippen molar-refractivity contribution in [1.82, 2.24) is 0 Å². The van der Waals surface area contributed by atoms with Gasteiger partial charge in [-0.3, -0.25) is 4.31 Å². The third-order valence-corrected chi connectivity index (χ3v) is 6.77. The first-order valence-corrected chi connectivity index (χ1v) is 10.3. The van der Waals surface area contributed by atoms with E-state index in [2.05, 4.69) is 0 Å². The average molecular weight is 404 g/mol. The van der Waals surface area contributed by atoms with E-state index < -0.39 is 16.1 Å². The van der Waals surface area contributed by atoms with Crippen molar-refractivity contribution in [2.24, 2.45) is 0 Å². The van der Waals surface area contributed by atoms with Crippen LogP contribution in [0.3, 0.4) is 0 Å². The molecule has 4 rings (SSSR count). The molecular weight excluding hydrogens is 386 g/mol. The number of sulfonamides is 1. The van der Waals surface area contributed by atoms with Gasteiger partial charge in [-0.15, -0.1) is 0 Å². The van der Waals surface area contributed by atoms with E-state index in [1.54, 1.807) is 24.3 Å².